The van der Waals surface area contributed by atoms with E-state index in [-0.39, 0.29) is 24.6 Å². The summed E-state index contributed by atoms with van der Waals surface area (Å²) in [7, 11) is 0. The van der Waals surface area contributed by atoms with Crippen molar-refractivity contribution in [2.45, 2.75) is 27.2 Å². The van der Waals surface area contributed by atoms with E-state index in [1.165, 1.54) is 13.0 Å². The van der Waals surface area contributed by atoms with Gasteiger partial charge in [-0.3, -0.25) is 9.59 Å². The van der Waals surface area contributed by atoms with Crippen LogP contribution >= 0.6 is 0 Å². The minimum Gasteiger partial charge on any atom is -0.326 e. The first-order valence-corrected chi connectivity index (χ1v) is 7.89. The molecule has 0 saturated carbocycles. The lowest BCUT2D eigenvalue weighted by Crippen LogP contribution is -2.32. The molecule has 0 heterocycles. The van der Waals surface area contributed by atoms with Crippen LogP contribution in [-0.2, 0) is 9.59 Å². The standard InChI is InChI=1S/C19H20F2N2O2/c1-12-5-4-6-13(2)19(12)22-18(25)9-10-23(14(3)24)17-8-7-15(20)11-16(17)21/h4-8,11H,9-10H2,1-3H3,(H,22,25). The van der Waals surface area contributed by atoms with Crippen LogP contribution in [0.25, 0.3) is 0 Å². The second kappa shape index (κ2) is 7.88. The normalized spacial score (nSPS) is 10.4. The van der Waals surface area contributed by atoms with E-state index in [4.69, 9.17) is 0 Å². The molecule has 0 aliphatic heterocycles. The fourth-order valence-electron chi connectivity index (χ4n) is 2.57. The van der Waals surface area contributed by atoms with Crippen LogP contribution in [0.15, 0.2) is 36.4 Å². The maximum atomic E-state index is 13.9. The van der Waals surface area contributed by atoms with Gasteiger partial charge in [0.2, 0.25) is 11.8 Å². The Kier molecular flexibility index (Phi) is 5.85. The third-order valence-corrected chi connectivity index (χ3v) is 3.89. The number of carbonyl (C=O) groups excluding carboxylic acids is 2. The molecule has 6 heteroatoms. The van der Waals surface area contributed by atoms with Crippen LogP contribution in [-0.4, -0.2) is 18.4 Å². The Labute approximate surface area is 145 Å². The number of hydrogen-bond acceptors (Lipinski definition) is 2. The van der Waals surface area contributed by atoms with Crippen molar-refractivity contribution in [2.24, 2.45) is 0 Å². The average Bonchev–Trinajstić information content (AvgIpc) is 2.52. The number of aryl methyl sites for hydroxylation is 2. The highest BCUT2D eigenvalue weighted by Gasteiger charge is 2.18. The second-order valence-electron chi connectivity index (χ2n) is 5.83. The lowest BCUT2D eigenvalue weighted by Gasteiger charge is -2.21. The van der Waals surface area contributed by atoms with Crippen molar-refractivity contribution < 1.29 is 18.4 Å². The van der Waals surface area contributed by atoms with Gasteiger partial charge in [0.1, 0.15) is 11.6 Å². The van der Waals surface area contributed by atoms with E-state index in [0.717, 1.165) is 27.8 Å². The van der Waals surface area contributed by atoms with Crippen molar-refractivity contribution in [1.82, 2.24) is 0 Å². The maximum absolute atomic E-state index is 13.9. The van der Waals surface area contributed by atoms with Gasteiger partial charge >= 0.3 is 0 Å². The third-order valence-electron chi connectivity index (χ3n) is 3.89. The van der Waals surface area contributed by atoms with Gasteiger partial charge in [-0.1, -0.05) is 18.2 Å². The summed E-state index contributed by atoms with van der Waals surface area (Å²) >= 11 is 0. The number of halogens is 2. The number of para-hydroxylation sites is 1. The van der Waals surface area contributed by atoms with Gasteiger partial charge in [-0.25, -0.2) is 8.78 Å². The average molecular weight is 346 g/mol. The van der Waals surface area contributed by atoms with Crippen LogP contribution in [0, 0.1) is 25.5 Å². The van der Waals surface area contributed by atoms with Gasteiger partial charge in [0.15, 0.2) is 0 Å². The van der Waals surface area contributed by atoms with Gasteiger partial charge in [0.05, 0.1) is 5.69 Å². The number of nitrogens with one attached hydrogen (secondary N) is 1. The summed E-state index contributed by atoms with van der Waals surface area (Å²) in [6.07, 6.45) is -0.00975. The monoisotopic (exact) mass is 346 g/mol. The Hall–Kier alpha value is -2.76. The molecule has 0 saturated heterocycles. The predicted molar refractivity (Wildman–Crippen MR) is 93.5 cm³/mol. The Morgan fingerprint density at radius 3 is 2.28 bits per heavy atom. The Morgan fingerprint density at radius 1 is 1.08 bits per heavy atom. The largest absolute Gasteiger partial charge is 0.326 e. The molecule has 2 aromatic carbocycles. The van der Waals surface area contributed by atoms with E-state index >= 15 is 0 Å². The fraction of sp³-hybridized carbons (Fsp3) is 0.263. The number of benzene rings is 2. The van der Waals surface area contributed by atoms with Crippen LogP contribution in [0.4, 0.5) is 20.2 Å². The first kappa shape index (κ1) is 18.6. The quantitative estimate of drug-likeness (QED) is 0.891. The molecule has 2 aromatic rings. The van der Waals surface area contributed by atoms with E-state index < -0.39 is 17.5 Å². The molecule has 0 unspecified atom stereocenters. The molecule has 0 radical (unpaired) electrons. The summed E-state index contributed by atoms with van der Waals surface area (Å²) in [6, 6.07) is 8.65. The van der Waals surface area contributed by atoms with E-state index in [2.05, 4.69) is 5.32 Å². The zero-order valence-electron chi connectivity index (χ0n) is 14.4. The molecule has 0 fully saturated rings. The summed E-state index contributed by atoms with van der Waals surface area (Å²) in [6.45, 7) is 5.04. The molecular formula is C19H20F2N2O2. The van der Waals surface area contributed by atoms with Crippen LogP contribution in [0.3, 0.4) is 0 Å². The summed E-state index contributed by atoms with van der Waals surface area (Å²) in [5.41, 5.74) is 2.55. The summed E-state index contributed by atoms with van der Waals surface area (Å²) in [4.78, 5) is 25.1. The van der Waals surface area contributed by atoms with Crippen molar-refractivity contribution in [3.8, 4) is 0 Å². The van der Waals surface area contributed by atoms with Gasteiger partial charge in [-0.2, -0.15) is 0 Å². The fourth-order valence-corrected chi connectivity index (χ4v) is 2.57. The number of hydrogen-bond donors (Lipinski definition) is 1. The lowest BCUT2D eigenvalue weighted by atomic mass is 10.1. The highest BCUT2D eigenvalue weighted by Crippen LogP contribution is 2.22. The summed E-state index contributed by atoms with van der Waals surface area (Å²) in [5, 5.41) is 2.82. The van der Waals surface area contributed by atoms with Crippen molar-refractivity contribution >= 4 is 23.2 Å². The van der Waals surface area contributed by atoms with Gasteiger partial charge in [-0.15, -0.1) is 0 Å². The second-order valence-corrected chi connectivity index (χ2v) is 5.83. The van der Waals surface area contributed by atoms with Crippen LogP contribution < -0.4 is 10.2 Å². The Morgan fingerprint density at radius 2 is 1.72 bits per heavy atom. The number of rotatable bonds is 5. The van der Waals surface area contributed by atoms with E-state index in [0.29, 0.717) is 6.07 Å². The number of carbonyl (C=O) groups is 2. The van der Waals surface area contributed by atoms with Crippen molar-refractivity contribution in [3.05, 3.63) is 59.2 Å². The van der Waals surface area contributed by atoms with Gasteiger partial charge in [0.25, 0.3) is 0 Å². The van der Waals surface area contributed by atoms with Crippen LogP contribution in [0.1, 0.15) is 24.5 Å². The summed E-state index contributed by atoms with van der Waals surface area (Å²) < 4.78 is 26.9. The van der Waals surface area contributed by atoms with Gasteiger partial charge in [-0.05, 0) is 37.1 Å². The lowest BCUT2D eigenvalue weighted by molar-refractivity contribution is -0.117. The van der Waals surface area contributed by atoms with Crippen molar-refractivity contribution in [3.63, 3.8) is 0 Å². The molecule has 0 bridgehead atoms. The highest BCUT2D eigenvalue weighted by atomic mass is 19.1. The predicted octanol–water partition coefficient (Wildman–Crippen LogP) is 3.96. The summed E-state index contributed by atoms with van der Waals surface area (Å²) in [5.74, 6) is -2.28. The van der Waals surface area contributed by atoms with Gasteiger partial charge < -0.3 is 10.2 Å². The zero-order chi connectivity index (χ0) is 18.6. The number of nitrogens with zero attached hydrogens (tertiary/aromatic N) is 1. The van der Waals surface area contributed by atoms with Crippen LogP contribution in [0.2, 0.25) is 0 Å². The molecular weight excluding hydrogens is 326 g/mol. The zero-order valence-corrected chi connectivity index (χ0v) is 14.4. The molecule has 0 aromatic heterocycles. The molecule has 2 amide bonds. The van der Waals surface area contributed by atoms with Crippen molar-refractivity contribution in [2.75, 3.05) is 16.8 Å². The Balaban J connectivity index is 2.08. The molecule has 25 heavy (non-hydrogen) atoms. The minimum atomic E-state index is -0.842. The van der Waals surface area contributed by atoms with E-state index in [9.17, 15) is 18.4 Å². The third kappa shape index (κ3) is 4.62. The van der Waals surface area contributed by atoms with Crippen molar-refractivity contribution in [1.29, 1.82) is 0 Å². The molecule has 4 nitrogen and oxygen atoms in total. The number of amides is 2. The maximum Gasteiger partial charge on any atom is 0.226 e. The van der Waals surface area contributed by atoms with E-state index in [1.54, 1.807) is 0 Å². The van der Waals surface area contributed by atoms with Crippen LogP contribution in [0.5, 0.6) is 0 Å². The molecule has 1 N–H and O–H groups in total. The molecule has 0 atom stereocenters. The topological polar surface area (TPSA) is 49.4 Å². The number of anilines is 2. The molecule has 0 aliphatic carbocycles. The first-order valence-electron chi connectivity index (χ1n) is 7.89. The van der Waals surface area contributed by atoms with E-state index in [1.807, 2.05) is 32.0 Å². The molecule has 2 rings (SSSR count). The first-order chi connectivity index (χ1) is 11.8. The minimum absolute atomic E-state index is 0.00531. The Bertz CT molecular complexity index is 786. The smallest absolute Gasteiger partial charge is 0.226 e. The highest BCUT2D eigenvalue weighted by molar-refractivity contribution is 5.95. The molecule has 0 spiro atoms. The van der Waals surface area contributed by atoms with Gasteiger partial charge in [0, 0.05) is 31.6 Å². The SMILES string of the molecule is CC(=O)N(CCC(=O)Nc1c(C)cccc1C)c1ccc(F)cc1F. The molecule has 0 aliphatic rings. The molecule has 132 valence electrons.